The second-order valence-corrected chi connectivity index (χ2v) is 8.10. The molecule has 0 spiro atoms. The van der Waals surface area contributed by atoms with Gasteiger partial charge in [-0.05, 0) is 24.3 Å². The van der Waals surface area contributed by atoms with Crippen LogP contribution in [0.1, 0.15) is 46.4 Å². The van der Waals surface area contributed by atoms with E-state index in [1.807, 2.05) is 0 Å². The summed E-state index contributed by atoms with van der Waals surface area (Å²) in [7, 11) is 0. The minimum Gasteiger partial charge on any atom is -0.299 e. The van der Waals surface area contributed by atoms with E-state index in [1.165, 1.54) is 12.1 Å². The molecule has 0 radical (unpaired) electrons. The number of benzene rings is 2. The minimum atomic E-state index is -0.622. The molecule has 158 valence electrons. The Morgan fingerprint density at radius 2 is 1.22 bits per heavy atom. The molecular formula is C21H13N5O5S. The van der Waals surface area contributed by atoms with Gasteiger partial charge in [-0.1, -0.05) is 35.6 Å². The molecule has 10 nitrogen and oxygen atoms in total. The molecule has 2 aromatic carbocycles. The summed E-state index contributed by atoms with van der Waals surface area (Å²) in [6, 6.07) is 12.9. The molecule has 0 aliphatic carbocycles. The fourth-order valence-electron chi connectivity index (χ4n) is 3.57. The van der Waals surface area contributed by atoms with Crippen LogP contribution < -0.4 is 5.32 Å². The maximum Gasteiger partial charge on any atom is 0.262 e. The maximum absolute atomic E-state index is 12.5. The summed E-state index contributed by atoms with van der Waals surface area (Å²) < 4.78 is 0. The summed E-state index contributed by atoms with van der Waals surface area (Å²) in [4.78, 5) is 64.0. The van der Waals surface area contributed by atoms with E-state index in [-0.39, 0.29) is 22.8 Å². The largest absolute Gasteiger partial charge is 0.299 e. The fraction of sp³-hybridized carbons (Fsp3) is 0.0952. The number of carbonyl (C=O) groups excluding carboxylic acids is 5. The molecule has 0 fully saturated rings. The van der Waals surface area contributed by atoms with Crippen molar-refractivity contribution in [2.75, 3.05) is 11.9 Å². The molecule has 0 atom stereocenters. The normalized spacial score (nSPS) is 14.8. The lowest BCUT2D eigenvalue weighted by molar-refractivity contribution is -0.116. The molecular weight excluding hydrogens is 434 g/mol. The first-order valence-corrected chi connectivity index (χ1v) is 10.3. The third-order valence-electron chi connectivity index (χ3n) is 5.06. The molecule has 0 bridgehead atoms. The first-order valence-electron chi connectivity index (χ1n) is 9.46. The third-order valence-corrected chi connectivity index (χ3v) is 5.89. The van der Waals surface area contributed by atoms with E-state index in [0.717, 1.165) is 21.1 Å². The highest BCUT2D eigenvalue weighted by Crippen LogP contribution is 2.26. The second kappa shape index (κ2) is 7.46. The zero-order valence-electron chi connectivity index (χ0n) is 16.3. The van der Waals surface area contributed by atoms with Crippen molar-refractivity contribution < 1.29 is 24.0 Å². The average molecular weight is 447 g/mol. The average Bonchev–Trinajstić information content (AvgIpc) is 3.41. The van der Waals surface area contributed by atoms with Gasteiger partial charge in [0, 0.05) is 0 Å². The van der Waals surface area contributed by atoms with Crippen molar-refractivity contribution in [3.63, 3.8) is 0 Å². The lowest BCUT2D eigenvalue weighted by atomic mass is 10.1. The zero-order chi connectivity index (χ0) is 22.4. The van der Waals surface area contributed by atoms with Gasteiger partial charge in [0.1, 0.15) is 11.6 Å². The first kappa shape index (κ1) is 19.7. The molecule has 0 saturated carbocycles. The lowest BCUT2D eigenvalue weighted by Crippen LogP contribution is -2.37. The summed E-state index contributed by atoms with van der Waals surface area (Å²) in [6.07, 6.45) is 0. The Labute approximate surface area is 184 Å². The molecule has 3 aromatic rings. The quantitative estimate of drug-likeness (QED) is 0.588. The van der Waals surface area contributed by atoms with Crippen LogP contribution in [0.5, 0.6) is 0 Å². The standard InChI is InChI=1S/C21H13N5O5S/c27-15(9-25-17(28)11-5-1-2-6-12(11)18(25)29)22-21-24-23-16(32-21)10-26-19(30)13-7-3-4-8-14(13)20(26)31/h1-8H,9-10H2,(H,22,24,27). The summed E-state index contributed by atoms with van der Waals surface area (Å²) in [5.74, 6) is -2.54. The Kier molecular flexibility index (Phi) is 4.59. The molecule has 0 saturated heterocycles. The van der Waals surface area contributed by atoms with Crippen LogP contribution in [0.3, 0.4) is 0 Å². The Hall–Kier alpha value is -4.25. The van der Waals surface area contributed by atoms with Crippen LogP contribution in [-0.4, -0.2) is 56.1 Å². The van der Waals surface area contributed by atoms with Gasteiger partial charge >= 0.3 is 0 Å². The van der Waals surface area contributed by atoms with Gasteiger partial charge in [0.2, 0.25) is 11.0 Å². The number of hydrogen-bond acceptors (Lipinski definition) is 8. The molecule has 32 heavy (non-hydrogen) atoms. The smallest absolute Gasteiger partial charge is 0.262 e. The van der Waals surface area contributed by atoms with E-state index in [1.54, 1.807) is 36.4 Å². The third kappa shape index (κ3) is 3.15. The number of anilines is 1. The summed E-state index contributed by atoms with van der Waals surface area (Å²) in [5.41, 5.74) is 1.17. The van der Waals surface area contributed by atoms with Crippen LogP contribution in [0.25, 0.3) is 0 Å². The van der Waals surface area contributed by atoms with Gasteiger partial charge in [-0.15, -0.1) is 10.2 Å². The Morgan fingerprint density at radius 3 is 1.72 bits per heavy atom. The highest BCUT2D eigenvalue weighted by molar-refractivity contribution is 7.15. The van der Waals surface area contributed by atoms with Crippen LogP contribution in [0.2, 0.25) is 0 Å². The van der Waals surface area contributed by atoms with Crippen molar-refractivity contribution >= 4 is 46.0 Å². The van der Waals surface area contributed by atoms with Crippen LogP contribution in [-0.2, 0) is 11.3 Å². The minimum absolute atomic E-state index is 0.0850. The maximum atomic E-state index is 12.5. The van der Waals surface area contributed by atoms with Crippen molar-refractivity contribution in [1.29, 1.82) is 0 Å². The number of carbonyl (C=O) groups is 5. The lowest BCUT2D eigenvalue weighted by Gasteiger charge is -2.12. The number of hydrogen-bond donors (Lipinski definition) is 1. The van der Waals surface area contributed by atoms with Crippen LogP contribution in [0, 0.1) is 0 Å². The van der Waals surface area contributed by atoms with Crippen molar-refractivity contribution in [2.45, 2.75) is 6.54 Å². The van der Waals surface area contributed by atoms with Crippen molar-refractivity contribution in [2.24, 2.45) is 0 Å². The Bertz CT molecular complexity index is 1260. The van der Waals surface area contributed by atoms with Gasteiger partial charge < -0.3 is 0 Å². The SMILES string of the molecule is O=C(CN1C(=O)c2ccccc2C1=O)Nc1nnc(CN2C(=O)c3ccccc3C2=O)s1. The molecule has 3 heterocycles. The van der Waals surface area contributed by atoms with E-state index in [9.17, 15) is 24.0 Å². The first-order chi connectivity index (χ1) is 15.4. The summed E-state index contributed by atoms with van der Waals surface area (Å²) in [6.45, 7) is -0.558. The topological polar surface area (TPSA) is 130 Å². The highest BCUT2D eigenvalue weighted by Gasteiger charge is 2.37. The van der Waals surface area contributed by atoms with E-state index in [4.69, 9.17) is 0 Å². The van der Waals surface area contributed by atoms with Gasteiger partial charge in [-0.3, -0.25) is 39.1 Å². The van der Waals surface area contributed by atoms with Crippen molar-refractivity contribution in [3.8, 4) is 0 Å². The van der Waals surface area contributed by atoms with E-state index >= 15 is 0 Å². The zero-order valence-corrected chi connectivity index (χ0v) is 17.1. The Morgan fingerprint density at radius 1 is 0.750 bits per heavy atom. The molecule has 1 aromatic heterocycles. The molecule has 0 unspecified atom stereocenters. The second-order valence-electron chi connectivity index (χ2n) is 7.03. The molecule has 5 rings (SSSR count). The van der Waals surface area contributed by atoms with Gasteiger partial charge in [0.25, 0.3) is 23.6 Å². The number of aromatic nitrogens is 2. The Balaban J connectivity index is 1.23. The number of imide groups is 2. The monoisotopic (exact) mass is 447 g/mol. The highest BCUT2D eigenvalue weighted by atomic mass is 32.1. The predicted octanol–water partition coefficient (Wildman–Crippen LogP) is 1.57. The van der Waals surface area contributed by atoms with Crippen molar-refractivity contribution in [3.05, 3.63) is 75.8 Å². The summed E-state index contributed by atoms with van der Waals surface area (Å²) in [5, 5.41) is 10.7. The summed E-state index contributed by atoms with van der Waals surface area (Å²) >= 11 is 0.989. The number of nitrogens with one attached hydrogen (secondary N) is 1. The molecule has 11 heteroatoms. The van der Waals surface area contributed by atoms with Crippen LogP contribution in [0.4, 0.5) is 5.13 Å². The van der Waals surface area contributed by atoms with E-state index < -0.39 is 36.1 Å². The van der Waals surface area contributed by atoms with Gasteiger partial charge in [0.05, 0.1) is 28.8 Å². The molecule has 1 N–H and O–H groups in total. The number of amides is 5. The molecule has 2 aliphatic rings. The van der Waals surface area contributed by atoms with Gasteiger partial charge in [-0.2, -0.15) is 0 Å². The van der Waals surface area contributed by atoms with Crippen LogP contribution in [0.15, 0.2) is 48.5 Å². The van der Waals surface area contributed by atoms with E-state index in [0.29, 0.717) is 16.1 Å². The predicted molar refractivity (Wildman–Crippen MR) is 111 cm³/mol. The number of nitrogens with zero attached hydrogens (tertiary/aromatic N) is 4. The van der Waals surface area contributed by atoms with Crippen LogP contribution >= 0.6 is 11.3 Å². The van der Waals surface area contributed by atoms with E-state index in [2.05, 4.69) is 15.5 Å². The van der Waals surface area contributed by atoms with Gasteiger partial charge in [-0.25, -0.2) is 0 Å². The van der Waals surface area contributed by atoms with Gasteiger partial charge in [0.15, 0.2) is 0 Å². The number of fused-ring (bicyclic) bond motifs is 2. The number of rotatable bonds is 5. The molecule has 5 amide bonds. The fourth-order valence-corrected chi connectivity index (χ4v) is 4.32. The molecule has 2 aliphatic heterocycles. The van der Waals surface area contributed by atoms with Crippen molar-refractivity contribution in [1.82, 2.24) is 20.0 Å².